The van der Waals surface area contributed by atoms with Crippen molar-refractivity contribution in [3.05, 3.63) is 12.2 Å². The van der Waals surface area contributed by atoms with Gasteiger partial charge in [-0.05, 0) is 26.0 Å². The SMILES string of the molecule is CC(=O)C=CC(C)=S=O. The molecule has 0 heterocycles. The molecule has 0 spiro atoms. The van der Waals surface area contributed by atoms with Crippen molar-refractivity contribution in [2.24, 2.45) is 0 Å². The fraction of sp³-hybridized carbons (Fsp3) is 0.333. The minimum atomic E-state index is -0.0385. The Hall–Kier alpha value is -0.700. The van der Waals surface area contributed by atoms with Gasteiger partial charge in [0.05, 0.1) is 11.3 Å². The predicted octanol–water partition coefficient (Wildman–Crippen LogP) is 0.537. The van der Waals surface area contributed by atoms with Crippen LogP contribution < -0.4 is 0 Å². The Labute approximate surface area is 57.6 Å². The molecule has 0 N–H and O–H groups in total. The van der Waals surface area contributed by atoms with Gasteiger partial charge in [0.2, 0.25) is 0 Å². The van der Waals surface area contributed by atoms with Gasteiger partial charge in [-0.3, -0.25) is 4.79 Å². The highest BCUT2D eigenvalue weighted by Gasteiger charge is 1.82. The van der Waals surface area contributed by atoms with Crippen molar-refractivity contribution in [2.45, 2.75) is 13.8 Å². The van der Waals surface area contributed by atoms with E-state index in [4.69, 9.17) is 0 Å². The van der Waals surface area contributed by atoms with Crippen LogP contribution in [0.1, 0.15) is 13.8 Å². The molecular formula is C6H8O2S. The molecule has 0 aliphatic heterocycles. The molecule has 0 aliphatic rings. The van der Waals surface area contributed by atoms with Gasteiger partial charge in [-0.25, -0.2) is 4.21 Å². The van der Waals surface area contributed by atoms with Crippen molar-refractivity contribution < 1.29 is 9.00 Å². The van der Waals surface area contributed by atoms with Gasteiger partial charge in [-0.2, -0.15) is 0 Å². The van der Waals surface area contributed by atoms with Crippen LogP contribution in [0.25, 0.3) is 0 Å². The molecule has 0 amide bonds. The third-order valence-electron chi connectivity index (χ3n) is 0.684. The molecule has 0 saturated carbocycles. The van der Waals surface area contributed by atoms with E-state index < -0.39 is 0 Å². The molecule has 3 heteroatoms. The molecule has 0 aromatic heterocycles. The van der Waals surface area contributed by atoms with Gasteiger partial charge < -0.3 is 0 Å². The van der Waals surface area contributed by atoms with Crippen LogP contribution in [0.2, 0.25) is 0 Å². The van der Waals surface area contributed by atoms with Gasteiger partial charge in [0.1, 0.15) is 0 Å². The lowest BCUT2D eigenvalue weighted by molar-refractivity contribution is -0.112. The van der Waals surface area contributed by atoms with E-state index in [1.54, 1.807) is 6.92 Å². The lowest BCUT2D eigenvalue weighted by atomic mass is 10.3. The summed E-state index contributed by atoms with van der Waals surface area (Å²) >= 11 is 0.394. The van der Waals surface area contributed by atoms with E-state index >= 15 is 0 Å². The van der Waals surface area contributed by atoms with E-state index in [9.17, 15) is 9.00 Å². The van der Waals surface area contributed by atoms with Crippen molar-refractivity contribution in [1.82, 2.24) is 0 Å². The normalized spacial score (nSPS) is 9.56. The summed E-state index contributed by atoms with van der Waals surface area (Å²) < 4.78 is 9.96. The van der Waals surface area contributed by atoms with Crippen LogP contribution in [-0.4, -0.2) is 14.9 Å². The first-order valence-electron chi connectivity index (χ1n) is 2.49. The molecule has 2 nitrogen and oxygen atoms in total. The van der Waals surface area contributed by atoms with E-state index in [0.29, 0.717) is 16.1 Å². The van der Waals surface area contributed by atoms with Crippen LogP contribution in [0.15, 0.2) is 12.2 Å². The largest absolute Gasteiger partial charge is 0.295 e. The Morgan fingerprint density at radius 1 is 1.33 bits per heavy atom. The van der Waals surface area contributed by atoms with Crippen LogP contribution >= 0.6 is 0 Å². The number of ketones is 1. The molecule has 0 aromatic rings. The number of hydrogen-bond donors (Lipinski definition) is 0. The van der Waals surface area contributed by atoms with Crippen molar-refractivity contribution in [3.63, 3.8) is 0 Å². The fourth-order valence-electron chi connectivity index (χ4n) is 0.262. The smallest absolute Gasteiger partial charge is 0.152 e. The number of allylic oxidation sites excluding steroid dienone is 2. The molecule has 0 aromatic carbocycles. The van der Waals surface area contributed by atoms with Crippen molar-refractivity contribution in [3.8, 4) is 0 Å². The van der Waals surface area contributed by atoms with Crippen LogP contribution in [0.3, 0.4) is 0 Å². The van der Waals surface area contributed by atoms with Gasteiger partial charge in [-0.1, -0.05) is 0 Å². The summed E-state index contributed by atoms with van der Waals surface area (Å²) in [6.07, 6.45) is 2.89. The summed E-state index contributed by atoms with van der Waals surface area (Å²) in [5.74, 6) is -0.0385. The van der Waals surface area contributed by atoms with Crippen LogP contribution in [0, 0.1) is 0 Å². The highest BCUT2D eigenvalue weighted by molar-refractivity contribution is 7.66. The first kappa shape index (κ1) is 8.30. The van der Waals surface area contributed by atoms with E-state index in [0.717, 1.165) is 0 Å². The molecule has 0 unspecified atom stereocenters. The monoisotopic (exact) mass is 144 g/mol. The summed E-state index contributed by atoms with van der Waals surface area (Å²) in [4.78, 5) is 10.9. The first-order chi connectivity index (χ1) is 4.16. The number of carbonyl (C=O) groups is 1. The van der Waals surface area contributed by atoms with E-state index in [2.05, 4.69) is 0 Å². The minimum absolute atomic E-state index is 0.0385. The van der Waals surface area contributed by atoms with Gasteiger partial charge in [0.25, 0.3) is 0 Å². The lowest BCUT2D eigenvalue weighted by Crippen LogP contribution is -1.86. The Bertz CT molecular complexity index is 187. The maximum Gasteiger partial charge on any atom is 0.152 e. The zero-order valence-corrected chi connectivity index (χ0v) is 6.20. The highest BCUT2D eigenvalue weighted by atomic mass is 32.1. The standard InChI is InChI=1S/C6H8O2S/c1-5(7)3-4-6(2)9-8/h3-4H,1-2H3. The topological polar surface area (TPSA) is 34.1 Å². The van der Waals surface area contributed by atoms with Crippen molar-refractivity contribution >= 4 is 21.9 Å². The quantitative estimate of drug-likeness (QED) is 0.418. The molecule has 0 radical (unpaired) electrons. The maximum atomic E-state index is 10.3. The Morgan fingerprint density at radius 3 is 2.22 bits per heavy atom. The Kier molecular flexibility index (Phi) is 3.88. The summed E-state index contributed by atoms with van der Waals surface area (Å²) in [6, 6.07) is 0. The fourth-order valence-corrected chi connectivity index (χ4v) is 0.386. The second kappa shape index (κ2) is 4.21. The molecule has 0 bridgehead atoms. The molecule has 0 fully saturated rings. The maximum absolute atomic E-state index is 10.3. The van der Waals surface area contributed by atoms with E-state index in [1.165, 1.54) is 19.1 Å². The van der Waals surface area contributed by atoms with E-state index in [1.807, 2.05) is 0 Å². The van der Waals surface area contributed by atoms with E-state index in [-0.39, 0.29) is 5.78 Å². The van der Waals surface area contributed by atoms with Crippen LogP contribution in [0.5, 0.6) is 0 Å². The first-order valence-corrected chi connectivity index (χ1v) is 3.23. The van der Waals surface area contributed by atoms with Crippen molar-refractivity contribution in [2.75, 3.05) is 0 Å². The molecule has 0 rings (SSSR count). The lowest BCUT2D eigenvalue weighted by Gasteiger charge is -1.77. The average molecular weight is 144 g/mol. The summed E-state index contributed by atoms with van der Waals surface area (Å²) in [5.41, 5.74) is 0. The predicted molar refractivity (Wildman–Crippen MR) is 38.6 cm³/mol. The average Bonchev–Trinajstić information content (AvgIpc) is 1.83. The third-order valence-corrected chi connectivity index (χ3v) is 1.08. The molecule has 0 aliphatic carbocycles. The van der Waals surface area contributed by atoms with Gasteiger partial charge in [0.15, 0.2) is 5.78 Å². The summed E-state index contributed by atoms with van der Waals surface area (Å²) in [7, 11) is 0. The molecule has 0 saturated heterocycles. The minimum Gasteiger partial charge on any atom is -0.295 e. The van der Waals surface area contributed by atoms with Gasteiger partial charge in [-0.15, -0.1) is 0 Å². The number of rotatable bonds is 2. The molecular weight excluding hydrogens is 136 g/mol. The highest BCUT2D eigenvalue weighted by Crippen LogP contribution is 1.76. The zero-order chi connectivity index (χ0) is 7.28. The van der Waals surface area contributed by atoms with Crippen LogP contribution in [-0.2, 0) is 16.1 Å². The number of carbonyl (C=O) groups excluding carboxylic acids is 1. The Morgan fingerprint density at radius 2 is 1.89 bits per heavy atom. The second-order valence-electron chi connectivity index (χ2n) is 1.64. The van der Waals surface area contributed by atoms with Crippen LogP contribution in [0.4, 0.5) is 0 Å². The van der Waals surface area contributed by atoms with Gasteiger partial charge in [0, 0.05) is 4.86 Å². The third kappa shape index (κ3) is 5.17. The summed E-state index contributed by atoms with van der Waals surface area (Å²) in [6.45, 7) is 3.11. The second-order valence-corrected chi connectivity index (χ2v) is 2.45. The molecule has 50 valence electrons. The molecule has 0 atom stereocenters. The summed E-state index contributed by atoms with van der Waals surface area (Å²) in [5, 5.41) is 0. The zero-order valence-electron chi connectivity index (χ0n) is 5.38. The van der Waals surface area contributed by atoms with Crippen molar-refractivity contribution in [1.29, 1.82) is 0 Å². The van der Waals surface area contributed by atoms with Gasteiger partial charge >= 0.3 is 0 Å². The number of hydrogen-bond acceptors (Lipinski definition) is 2. The Balaban J connectivity index is 4.01. The molecule has 9 heavy (non-hydrogen) atoms.